The van der Waals surface area contributed by atoms with Gasteiger partial charge in [-0.05, 0) is 48.5 Å². The number of benzene rings is 1. The molecule has 13 heteroatoms. The lowest BCUT2D eigenvalue weighted by atomic mass is 9.93. The number of aromatic nitrogens is 1. The predicted molar refractivity (Wildman–Crippen MR) is 112 cm³/mol. The summed E-state index contributed by atoms with van der Waals surface area (Å²) in [6.07, 6.45) is 0.290. The van der Waals surface area contributed by atoms with Gasteiger partial charge in [0.1, 0.15) is 17.3 Å². The van der Waals surface area contributed by atoms with Gasteiger partial charge in [-0.3, -0.25) is 15.1 Å². The predicted octanol–water partition coefficient (Wildman–Crippen LogP) is 3.63. The minimum absolute atomic E-state index is 0.0669. The van der Waals surface area contributed by atoms with Crippen LogP contribution in [0.25, 0.3) is 0 Å². The molecule has 1 saturated heterocycles. The summed E-state index contributed by atoms with van der Waals surface area (Å²) in [5.41, 5.74) is 0.314. The summed E-state index contributed by atoms with van der Waals surface area (Å²) >= 11 is 0.971. The molecule has 2 aromatic rings. The zero-order valence-electron chi connectivity index (χ0n) is 16.8. The van der Waals surface area contributed by atoms with Crippen molar-refractivity contribution in [2.45, 2.75) is 18.0 Å². The fourth-order valence-corrected chi connectivity index (χ4v) is 4.95. The number of carbonyl (C=O) groups excluding carboxylic acids is 1. The number of carboxylic acid groups (broad SMARTS) is 1. The van der Waals surface area contributed by atoms with Gasteiger partial charge in [0, 0.05) is 30.3 Å². The third-order valence-corrected chi connectivity index (χ3v) is 6.43. The maximum atomic E-state index is 14.9. The molecule has 0 spiro atoms. The number of hydrogen-bond acceptors (Lipinski definition) is 7. The molecule has 4 rings (SSSR count). The molecule has 3 heterocycles. The molecule has 174 valence electrons. The van der Waals surface area contributed by atoms with Crippen LogP contribution in [0.1, 0.15) is 22.5 Å². The molecule has 2 aliphatic rings. The Hall–Kier alpha value is -3.32. The monoisotopic (exact) mass is 482 g/mol. The summed E-state index contributed by atoms with van der Waals surface area (Å²) in [4.78, 5) is 30.3. The molecule has 9 nitrogen and oxygen atoms in total. The van der Waals surface area contributed by atoms with E-state index in [4.69, 9.17) is 9.84 Å². The maximum absolute atomic E-state index is 14.9. The van der Waals surface area contributed by atoms with Crippen molar-refractivity contribution in [2.24, 2.45) is 10.9 Å². The van der Waals surface area contributed by atoms with Gasteiger partial charge in [0.15, 0.2) is 10.1 Å². The highest BCUT2D eigenvalue weighted by molar-refractivity contribution is 8.14. The number of carbonyl (C=O) groups is 2. The van der Waals surface area contributed by atoms with Crippen LogP contribution >= 0.6 is 11.8 Å². The molecule has 2 atom stereocenters. The van der Waals surface area contributed by atoms with Gasteiger partial charge in [-0.15, -0.1) is 0 Å². The van der Waals surface area contributed by atoms with E-state index in [1.807, 2.05) is 0 Å². The Kier molecular flexibility index (Phi) is 6.42. The lowest BCUT2D eigenvalue weighted by molar-refractivity contribution is -0.0500. The first-order valence-corrected chi connectivity index (χ1v) is 10.5. The van der Waals surface area contributed by atoms with Crippen molar-refractivity contribution in [1.29, 1.82) is 0 Å². The molecular weight excluding hydrogens is 465 g/mol. The number of aliphatic imine (C=N–C) groups is 1. The molecule has 2 aliphatic heterocycles. The summed E-state index contributed by atoms with van der Waals surface area (Å²) in [5.74, 6) is -1.64. The van der Waals surface area contributed by atoms with E-state index in [9.17, 15) is 22.8 Å². The average molecular weight is 482 g/mol. The van der Waals surface area contributed by atoms with Crippen molar-refractivity contribution >= 4 is 34.6 Å². The van der Waals surface area contributed by atoms with Crippen LogP contribution in [-0.2, 0) is 9.67 Å². The Morgan fingerprint density at radius 1 is 1.27 bits per heavy atom. The molecule has 1 fully saturated rings. The molecule has 1 aromatic heterocycles. The summed E-state index contributed by atoms with van der Waals surface area (Å²) in [5, 5.41) is 13.9. The number of alkyl halides is 2. The van der Waals surface area contributed by atoms with Crippen molar-refractivity contribution in [3.63, 3.8) is 0 Å². The van der Waals surface area contributed by atoms with E-state index in [0.717, 1.165) is 18.0 Å². The third-order valence-electron chi connectivity index (χ3n) is 5.03. The molecule has 0 aliphatic carbocycles. The summed E-state index contributed by atoms with van der Waals surface area (Å²) in [7, 11) is 0. The normalized spacial score (nSPS) is 21.8. The van der Waals surface area contributed by atoms with Gasteiger partial charge in [-0.2, -0.15) is 8.78 Å². The van der Waals surface area contributed by atoms with E-state index >= 15 is 0 Å². The first-order valence-electron chi connectivity index (χ1n) is 9.66. The van der Waals surface area contributed by atoms with Crippen molar-refractivity contribution < 1.29 is 37.3 Å². The molecule has 0 radical (unpaired) electrons. The van der Waals surface area contributed by atoms with Crippen LogP contribution < -0.4 is 15.4 Å². The molecule has 0 saturated carbocycles. The van der Waals surface area contributed by atoms with E-state index in [-0.39, 0.29) is 40.3 Å². The molecule has 3 N–H and O–H groups in total. The topological polar surface area (TPSA) is 122 Å². The van der Waals surface area contributed by atoms with Crippen LogP contribution in [0.2, 0.25) is 0 Å². The second kappa shape index (κ2) is 9.27. The van der Waals surface area contributed by atoms with Crippen LogP contribution in [0.15, 0.2) is 41.5 Å². The van der Waals surface area contributed by atoms with Crippen LogP contribution in [-0.4, -0.2) is 47.0 Å². The number of amides is 2. The SMILES string of the molecule is O=C(O)NC1=NC[C@H]2CCO[C@@]2(c2cc(NC(=O)c3ccc(OC(F)F)cn3)ccc2F)S1. The second-order valence-corrected chi connectivity index (χ2v) is 8.28. The van der Waals surface area contributed by atoms with Crippen molar-refractivity contribution in [3.05, 3.63) is 53.6 Å². The highest BCUT2D eigenvalue weighted by atomic mass is 32.2. The number of nitrogens with one attached hydrogen (secondary N) is 2. The van der Waals surface area contributed by atoms with Crippen molar-refractivity contribution in [3.8, 4) is 5.75 Å². The number of fused-ring (bicyclic) bond motifs is 1. The number of nitrogens with zero attached hydrogens (tertiary/aromatic N) is 2. The molecule has 2 amide bonds. The maximum Gasteiger partial charge on any atom is 0.410 e. The van der Waals surface area contributed by atoms with Gasteiger partial charge in [-0.25, -0.2) is 14.2 Å². The van der Waals surface area contributed by atoms with Gasteiger partial charge in [-0.1, -0.05) is 0 Å². The number of pyridine rings is 1. The van der Waals surface area contributed by atoms with E-state index in [0.29, 0.717) is 13.0 Å². The minimum atomic E-state index is -3.01. The Morgan fingerprint density at radius 2 is 2.09 bits per heavy atom. The fourth-order valence-electron chi connectivity index (χ4n) is 3.62. The quantitative estimate of drug-likeness (QED) is 0.595. The van der Waals surface area contributed by atoms with Gasteiger partial charge >= 0.3 is 12.7 Å². The van der Waals surface area contributed by atoms with E-state index in [1.54, 1.807) is 0 Å². The van der Waals surface area contributed by atoms with Crippen LogP contribution in [0.4, 0.5) is 23.7 Å². The number of ether oxygens (including phenoxy) is 2. The zero-order chi connectivity index (χ0) is 23.6. The third kappa shape index (κ3) is 4.88. The van der Waals surface area contributed by atoms with Crippen molar-refractivity contribution in [1.82, 2.24) is 10.3 Å². The van der Waals surface area contributed by atoms with E-state index in [2.05, 4.69) is 25.3 Å². The Bertz CT molecular complexity index is 1100. The van der Waals surface area contributed by atoms with Crippen molar-refractivity contribution in [2.75, 3.05) is 18.5 Å². The highest BCUT2D eigenvalue weighted by Gasteiger charge is 2.51. The highest BCUT2D eigenvalue weighted by Crippen LogP contribution is 2.53. The summed E-state index contributed by atoms with van der Waals surface area (Å²) in [6, 6.07) is 6.32. The van der Waals surface area contributed by atoms with E-state index in [1.165, 1.54) is 30.3 Å². The first kappa shape index (κ1) is 22.9. The number of amidine groups is 1. The van der Waals surface area contributed by atoms with Crippen LogP contribution in [0.5, 0.6) is 5.75 Å². The van der Waals surface area contributed by atoms with Crippen LogP contribution in [0.3, 0.4) is 0 Å². The van der Waals surface area contributed by atoms with Gasteiger partial charge < -0.3 is 19.9 Å². The number of thioether (sulfide) groups is 1. The van der Waals surface area contributed by atoms with Gasteiger partial charge in [0.25, 0.3) is 5.91 Å². The zero-order valence-corrected chi connectivity index (χ0v) is 17.6. The Labute approximate surface area is 189 Å². The number of rotatable bonds is 5. The molecule has 0 unspecified atom stereocenters. The Balaban J connectivity index is 1.57. The number of anilines is 1. The Morgan fingerprint density at radius 3 is 2.79 bits per heavy atom. The lowest BCUT2D eigenvalue weighted by Crippen LogP contribution is -2.41. The number of hydrogen-bond donors (Lipinski definition) is 3. The largest absolute Gasteiger partial charge is 0.465 e. The smallest absolute Gasteiger partial charge is 0.410 e. The van der Waals surface area contributed by atoms with Gasteiger partial charge in [0.05, 0.1) is 6.20 Å². The minimum Gasteiger partial charge on any atom is -0.465 e. The lowest BCUT2D eigenvalue weighted by Gasteiger charge is -2.37. The molecule has 0 bridgehead atoms. The fraction of sp³-hybridized carbons (Fsp3) is 0.300. The van der Waals surface area contributed by atoms with Gasteiger partial charge in [0.2, 0.25) is 0 Å². The average Bonchev–Trinajstić information content (AvgIpc) is 3.19. The van der Waals surface area contributed by atoms with Crippen LogP contribution in [0, 0.1) is 11.7 Å². The summed E-state index contributed by atoms with van der Waals surface area (Å²) in [6.45, 7) is -2.44. The molecule has 33 heavy (non-hydrogen) atoms. The van der Waals surface area contributed by atoms with E-state index < -0.39 is 29.4 Å². The summed E-state index contributed by atoms with van der Waals surface area (Å²) < 4.78 is 49.6. The molecular formula is C20H17F3N4O5S. The second-order valence-electron chi connectivity index (χ2n) is 7.09. The molecule has 1 aromatic carbocycles. The first-order chi connectivity index (χ1) is 15.8. The number of halogens is 3. The standard InChI is InChI=1S/C20H17F3N4O5S/c21-14-3-1-11(26-16(28)15-4-2-12(9-24-15)32-17(22)23)7-13(14)20-10(5-6-31-20)8-25-18(33-20)27-19(29)30/h1-4,7,9-10,17H,5-6,8H2,(H,25,27)(H,26,28)(H,29,30)/t10-,20-/m1/s1.